The van der Waals surface area contributed by atoms with Gasteiger partial charge in [0.2, 0.25) is 15.9 Å². The molecule has 3 rings (SSSR count). The summed E-state index contributed by atoms with van der Waals surface area (Å²) in [6.07, 6.45) is 7.19. The van der Waals surface area contributed by atoms with Crippen LogP contribution in [-0.4, -0.2) is 45.9 Å². The highest BCUT2D eigenvalue weighted by atomic mass is 32.2. The molecule has 2 fully saturated rings. The molecule has 2 heterocycles. The summed E-state index contributed by atoms with van der Waals surface area (Å²) in [5, 5.41) is 2.85. The standard InChI is InChI=1S/C18H24N2O4S/c21-18(19-11-10-17-3-1-13-24-17)9-6-15-4-7-16(8-5-15)20-12-2-14-25(20,22)23/h4-9,17H,1-3,10-14H2,(H,19,21)/b9-6+. The number of sulfonamides is 1. The Morgan fingerprint density at radius 3 is 2.72 bits per heavy atom. The lowest BCUT2D eigenvalue weighted by Crippen LogP contribution is -2.25. The normalized spacial score (nSPS) is 22.6. The van der Waals surface area contributed by atoms with Crippen LogP contribution in [0.1, 0.15) is 31.2 Å². The maximum absolute atomic E-state index is 11.9. The van der Waals surface area contributed by atoms with Crippen LogP contribution in [0.15, 0.2) is 30.3 Å². The van der Waals surface area contributed by atoms with Crippen LogP contribution in [0.4, 0.5) is 5.69 Å². The monoisotopic (exact) mass is 364 g/mol. The van der Waals surface area contributed by atoms with Gasteiger partial charge in [-0.3, -0.25) is 9.10 Å². The van der Waals surface area contributed by atoms with Gasteiger partial charge in [0.1, 0.15) is 0 Å². The van der Waals surface area contributed by atoms with Crippen LogP contribution in [0.5, 0.6) is 0 Å². The molecule has 1 unspecified atom stereocenters. The van der Waals surface area contributed by atoms with Gasteiger partial charge >= 0.3 is 0 Å². The van der Waals surface area contributed by atoms with E-state index in [4.69, 9.17) is 4.74 Å². The predicted molar refractivity (Wildman–Crippen MR) is 97.8 cm³/mol. The van der Waals surface area contributed by atoms with E-state index in [2.05, 4.69) is 5.32 Å². The van der Waals surface area contributed by atoms with Crippen molar-refractivity contribution in [2.24, 2.45) is 0 Å². The molecular formula is C18H24N2O4S. The molecule has 2 saturated heterocycles. The molecule has 0 spiro atoms. The van der Waals surface area contributed by atoms with E-state index in [1.165, 1.54) is 10.4 Å². The molecule has 1 amide bonds. The average molecular weight is 364 g/mol. The molecule has 0 radical (unpaired) electrons. The van der Waals surface area contributed by atoms with Crippen molar-refractivity contribution in [1.29, 1.82) is 0 Å². The Kier molecular flexibility index (Phi) is 5.75. The first-order valence-corrected chi connectivity index (χ1v) is 10.3. The second kappa shape index (κ2) is 8.01. The van der Waals surface area contributed by atoms with Crippen molar-refractivity contribution in [3.63, 3.8) is 0 Å². The summed E-state index contributed by atoms with van der Waals surface area (Å²) in [4.78, 5) is 11.8. The molecule has 0 aromatic heterocycles. The van der Waals surface area contributed by atoms with Gasteiger partial charge in [-0.15, -0.1) is 0 Å². The van der Waals surface area contributed by atoms with E-state index < -0.39 is 10.0 Å². The van der Waals surface area contributed by atoms with Gasteiger partial charge in [0, 0.05) is 25.8 Å². The van der Waals surface area contributed by atoms with Crippen molar-refractivity contribution in [2.45, 2.75) is 31.8 Å². The zero-order valence-corrected chi connectivity index (χ0v) is 15.0. The van der Waals surface area contributed by atoms with Crippen molar-refractivity contribution in [2.75, 3.05) is 29.8 Å². The molecule has 1 N–H and O–H groups in total. The van der Waals surface area contributed by atoms with Gasteiger partial charge in [0.25, 0.3) is 0 Å². The minimum atomic E-state index is -3.16. The third-order valence-corrected chi connectivity index (χ3v) is 6.37. The minimum absolute atomic E-state index is 0.135. The molecule has 2 aliphatic heterocycles. The molecule has 0 saturated carbocycles. The Morgan fingerprint density at radius 2 is 2.08 bits per heavy atom. The maximum Gasteiger partial charge on any atom is 0.244 e. The van der Waals surface area contributed by atoms with E-state index in [-0.39, 0.29) is 17.8 Å². The van der Waals surface area contributed by atoms with Gasteiger partial charge < -0.3 is 10.1 Å². The summed E-state index contributed by atoms with van der Waals surface area (Å²) in [7, 11) is -3.16. The van der Waals surface area contributed by atoms with Crippen LogP contribution < -0.4 is 9.62 Å². The number of rotatable bonds is 6. The number of anilines is 1. The van der Waals surface area contributed by atoms with Gasteiger partial charge in [-0.05, 0) is 49.5 Å². The molecule has 7 heteroatoms. The molecular weight excluding hydrogens is 340 g/mol. The van der Waals surface area contributed by atoms with Crippen molar-refractivity contribution in [1.82, 2.24) is 5.32 Å². The summed E-state index contributed by atoms with van der Waals surface area (Å²) in [6.45, 7) is 1.97. The second-order valence-electron chi connectivity index (χ2n) is 6.38. The zero-order chi connectivity index (χ0) is 17.7. The number of carbonyl (C=O) groups excluding carboxylic acids is 1. The number of carbonyl (C=O) groups is 1. The van der Waals surface area contributed by atoms with Crippen molar-refractivity contribution < 1.29 is 17.9 Å². The smallest absolute Gasteiger partial charge is 0.244 e. The average Bonchev–Trinajstić information content (AvgIpc) is 3.22. The highest BCUT2D eigenvalue weighted by molar-refractivity contribution is 7.93. The maximum atomic E-state index is 11.9. The van der Waals surface area contributed by atoms with Crippen LogP contribution in [-0.2, 0) is 19.6 Å². The van der Waals surface area contributed by atoms with E-state index in [0.717, 1.165) is 31.4 Å². The van der Waals surface area contributed by atoms with Crippen LogP contribution >= 0.6 is 0 Å². The second-order valence-corrected chi connectivity index (χ2v) is 8.39. The molecule has 136 valence electrons. The summed E-state index contributed by atoms with van der Waals surface area (Å²) < 4.78 is 30.8. The van der Waals surface area contributed by atoms with E-state index >= 15 is 0 Å². The lowest BCUT2D eigenvalue weighted by Gasteiger charge is -2.16. The van der Waals surface area contributed by atoms with Crippen molar-refractivity contribution >= 4 is 27.7 Å². The van der Waals surface area contributed by atoms with Crippen LogP contribution in [0, 0.1) is 0 Å². The predicted octanol–water partition coefficient (Wildman–Crippen LogP) is 1.93. The Labute approximate surface area is 148 Å². The number of amides is 1. The van der Waals surface area contributed by atoms with Crippen molar-refractivity contribution in [3.8, 4) is 0 Å². The fourth-order valence-electron chi connectivity index (χ4n) is 3.14. The first kappa shape index (κ1) is 17.9. The van der Waals surface area contributed by atoms with E-state index in [1.54, 1.807) is 18.2 Å². The molecule has 1 aromatic rings. The molecule has 0 aliphatic carbocycles. The summed E-state index contributed by atoms with van der Waals surface area (Å²) in [5.74, 6) is 0.0740. The molecule has 25 heavy (non-hydrogen) atoms. The number of benzene rings is 1. The number of hydrogen-bond acceptors (Lipinski definition) is 4. The lowest BCUT2D eigenvalue weighted by molar-refractivity contribution is -0.116. The number of nitrogens with one attached hydrogen (secondary N) is 1. The topological polar surface area (TPSA) is 75.7 Å². The number of nitrogens with zero attached hydrogens (tertiary/aromatic N) is 1. The SMILES string of the molecule is O=C(/C=C/c1ccc(N2CCCS2(=O)=O)cc1)NCCC1CCCO1. The summed E-state index contributed by atoms with van der Waals surface area (Å²) in [6, 6.07) is 7.19. The fourth-order valence-corrected chi connectivity index (χ4v) is 4.70. The Bertz CT molecular complexity index is 722. The molecule has 0 bridgehead atoms. The quantitative estimate of drug-likeness (QED) is 0.783. The number of ether oxygens (including phenoxy) is 1. The van der Waals surface area contributed by atoms with Crippen LogP contribution in [0.2, 0.25) is 0 Å². The molecule has 2 aliphatic rings. The number of hydrogen-bond donors (Lipinski definition) is 1. The third-order valence-electron chi connectivity index (χ3n) is 4.50. The lowest BCUT2D eigenvalue weighted by atomic mass is 10.2. The Hall–Kier alpha value is -1.86. The molecule has 6 nitrogen and oxygen atoms in total. The summed E-state index contributed by atoms with van der Waals surface area (Å²) in [5.41, 5.74) is 1.53. The largest absolute Gasteiger partial charge is 0.378 e. The van der Waals surface area contributed by atoms with Gasteiger partial charge in [0.05, 0.1) is 17.5 Å². The molecule has 1 atom stereocenters. The summed E-state index contributed by atoms with van der Waals surface area (Å²) >= 11 is 0. The van der Waals surface area contributed by atoms with Gasteiger partial charge in [-0.1, -0.05) is 12.1 Å². The van der Waals surface area contributed by atoms with Crippen LogP contribution in [0.25, 0.3) is 6.08 Å². The Balaban J connectivity index is 1.48. The first-order valence-electron chi connectivity index (χ1n) is 8.73. The minimum Gasteiger partial charge on any atom is -0.378 e. The molecule has 1 aromatic carbocycles. The van der Waals surface area contributed by atoms with Crippen LogP contribution in [0.3, 0.4) is 0 Å². The van der Waals surface area contributed by atoms with Gasteiger partial charge in [-0.25, -0.2) is 8.42 Å². The fraction of sp³-hybridized carbons (Fsp3) is 0.500. The first-order chi connectivity index (χ1) is 12.0. The van der Waals surface area contributed by atoms with E-state index in [1.807, 2.05) is 12.1 Å². The van der Waals surface area contributed by atoms with E-state index in [9.17, 15) is 13.2 Å². The highest BCUT2D eigenvalue weighted by Gasteiger charge is 2.28. The zero-order valence-electron chi connectivity index (χ0n) is 14.2. The van der Waals surface area contributed by atoms with E-state index in [0.29, 0.717) is 25.2 Å². The Morgan fingerprint density at radius 1 is 1.28 bits per heavy atom. The third kappa shape index (κ3) is 4.83. The van der Waals surface area contributed by atoms with Crippen molar-refractivity contribution in [3.05, 3.63) is 35.9 Å². The highest BCUT2D eigenvalue weighted by Crippen LogP contribution is 2.24. The van der Waals surface area contributed by atoms with Gasteiger partial charge in [-0.2, -0.15) is 0 Å². The van der Waals surface area contributed by atoms with Gasteiger partial charge in [0.15, 0.2) is 0 Å².